The fourth-order valence-electron chi connectivity index (χ4n) is 1.55. The molecule has 0 saturated heterocycles. The normalized spacial score (nSPS) is 12.6. The maximum absolute atomic E-state index is 13.1. The number of para-hydroxylation sites is 2. The zero-order valence-electron chi connectivity index (χ0n) is 10.1. The Bertz CT molecular complexity index is 548. The predicted molar refractivity (Wildman–Crippen MR) is 68.0 cm³/mol. The number of hydrogen-bond acceptors (Lipinski definition) is 3. The number of thioether (sulfide) groups is 1. The second kappa shape index (κ2) is 4.85. The minimum absolute atomic E-state index is 0.230. The molecule has 1 N–H and O–H groups in total. The summed E-state index contributed by atoms with van der Waals surface area (Å²) >= 11 is 1.13. The van der Waals surface area contributed by atoms with E-state index < -0.39 is 12.2 Å². The van der Waals surface area contributed by atoms with Crippen LogP contribution >= 0.6 is 11.8 Å². The average molecular weight is 272 g/mol. The maximum atomic E-state index is 13.1. The van der Waals surface area contributed by atoms with Crippen molar-refractivity contribution in [3.05, 3.63) is 24.3 Å². The van der Waals surface area contributed by atoms with Crippen molar-refractivity contribution in [3.63, 3.8) is 0 Å². The van der Waals surface area contributed by atoms with Crippen LogP contribution in [0.4, 0.5) is 8.78 Å². The summed E-state index contributed by atoms with van der Waals surface area (Å²) in [6.45, 7) is 0.631. The first kappa shape index (κ1) is 13.3. The molecule has 2 aromatic rings. The van der Waals surface area contributed by atoms with Gasteiger partial charge in [0.1, 0.15) is 0 Å². The number of halogens is 2. The summed E-state index contributed by atoms with van der Waals surface area (Å²) in [5.41, 5.74) is 0.0252. The number of hydrogen-bond donors (Lipinski definition) is 1. The van der Waals surface area contributed by atoms with E-state index in [9.17, 15) is 13.9 Å². The zero-order chi connectivity index (χ0) is 13.3. The summed E-state index contributed by atoms with van der Waals surface area (Å²) in [7, 11) is 0. The lowest BCUT2D eigenvalue weighted by atomic mass is 10.2. The third-order valence-electron chi connectivity index (χ3n) is 2.31. The van der Waals surface area contributed by atoms with Crippen molar-refractivity contribution in [2.75, 3.05) is 5.75 Å². The van der Waals surface area contributed by atoms with E-state index in [1.165, 1.54) is 0 Å². The Hall–Kier alpha value is -1.14. The summed E-state index contributed by atoms with van der Waals surface area (Å²) in [5, 5.41) is 9.87. The Labute approximate surface area is 108 Å². The summed E-state index contributed by atoms with van der Waals surface area (Å²) in [6.07, 6.45) is 0. The summed E-state index contributed by atoms with van der Waals surface area (Å²) < 4.78 is 27.0. The molecule has 18 heavy (non-hydrogen) atoms. The van der Waals surface area contributed by atoms with Crippen LogP contribution in [0.3, 0.4) is 0 Å². The maximum Gasteiger partial charge on any atom is 0.321 e. The molecule has 0 bridgehead atoms. The Balaban J connectivity index is 2.40. The van der Waals surface area contributed by atoms with Gasteiger partial charge in [0.05, 0.1) is 16.6 Å². The molecule has 0 radical (unpaired) electrons. The number of imidazole rings is 1. The predicted octanol–water partition coefficient (Wildman–Crippen LogP) is 3.29. The largest absolute Gasteiger partial charge is 0.390 e. The van der Waals surface area contributed by atoms with Gasteiger partial charge in [-0.1, -0.05) is 23.9 Å². The zero-order valence-corrected chi connectivity index (χ0v) is 10.9. The first-order valence-corrected chi connectivity index (χ1v) is 6.47. The highest BCUT2D eigenvalue weighted by Gasteiger charge is 2.20. The molecule has 0 fully saturated rings. The standard InChI is InChI=1S/C12H14F2N2OS/c1-12(2,17)7-18-11-15-8-5-3-4-6-9(8)16(11)10(13)14/h3-6,10,17H,7H2,1-2H3. The van der Waals surface area contributed by atoms with E-state index in [0.717, 1.165) is 16.3 Å². The van der Waals surface area contributed by atoms with Crippen LogP contribution in [0.25, 0.3) is 11.0 Å². The monoisotopic (exact) mass is 272 g/mol. The number of aromatic nitrogens is 2. The van der Waals surface area contributed by atoms with E-state index in [1.54, 1.807) is 38.1 Å². The molecule has 2 rings (SSSR count). The molecule has 0 aliphatic rings. The van der Waals surface area contributed by atoms with Gasteiger partial charge in [-0.15, -0.1) is 0 Å². The number of rotatable bonds is 4. The van der Waals surface area contributed by atoms with Crippen LogP contribution < -0.4 is 0 Å². The number of fused-ring (bicyclic) bond motifs is 1. The van der Waals surface area contributed by atoms with Crippen molar-refractivity contribution in [1.82, 2.24) is 9.55 Å². The van der Waals surface area contributed by atoms with E-state index in [-0.39, 0.29) is 5.16 Å². The highest BCUT2D eigenvalue weighted by atomic mass is 32.2. The number of nitrogens with zero attached hydrogens (tertiary/aromatic N) is 2. The van der Waals surface area contributed by atoms with Gasteiger partial charge in [-0.2, -0.15) is 8.78 Å². The molecule has 0 aliphatic heterocycles. The molecular weight excluding hydrogens is 258 g/mol. The highest BCUT2D eigenvalue weighted by molar-refractivity contribution is 7.99. The topological polar surface area (TPSA) is 38.1 Å². The van der Waals surface area contributed by atoms with Gasteiger partial charge in [-0.05, 0) is 26.0 Å². The van der Waals surface area contributed by atoms with Gasteiger partial charge in [-0.25, -0.2) is 4.98 Å². The smallest absolute Gasteiger partial charge is 0.321 e. The van der Waals surface area contributed by atoms with Crippen molar-refractivity contribution in [2.45, 2.75) is 31.2 Å². The van der Waals surface area contributed by atoms with Crippen molar-refractivity contribution in [1.29, 1.82) is 0 Å². The van der Waals surface area contributed by atoms with Crippen molar-refractivity contribution >= 4 is 22.8 Å². The molecule has 6 heteroatoms. The Morgan fingerprint density at radius 2 is 2.06 bits per heavy atom. The summed E-state index contributed by atoms with van der Waals surface area (Å²) in [6, 6.07) is 6.77. The van der Waals surface area contributed by atoms with Crippen LogP contribution in [0.5, 0.6) is 0 Å². The Morgan fingerprint density at radius 3 is 2.67 bits per heavy atom. The highest BCUT2D eigenvalue weighted by Crippen LogP contribution is 2.30. The molecule has 3 nitrogen and oxygen atoms in total. The Kier molecular flexibility index (Phi) is 3.59. The van der Waals surface area contributed by atoms with E-state index in [2.05, 4.69) is 4.98 Å². The Morgan fingerprint density at radius 1 is 1.39 bits per heavy atom. The third kappa shape index (κ3) is 2.81. The van der Waals surface area contributed by atoms with Gasteiger partial charge in [0.2, 0.25) is 0 Å². The van der Waals surface area contributed by atoms with Gasteiger partial charge in [0.15, 0.2) is 5.16 Å². The van der Waals surface area contributed by atoms with Crippen LogP contribution in [-0.2, 0) is 0 Å². The van der Waals surface area contributed by atoms with Gasteiger partial charge in [0, 0.05) is 5.75 Å². The summed E-state index contributed by atoms with van der Waals surface area (Å²) in [5.74, 6) is 0.309. The van der Waals surface area contributed by atoms with Gasteiger partial charge < -0.3 is 5.11 Å². The molecule has 0 unspecified atom stereocenters. The lowest BCUT2D eigenvalue weighted by molar-refractivity contribution is 0.0652. The molecule has 0 aliphatic carbocycles. The molecule has 98 valence electrons. The second-order valence-electron chi connectivity index (χ2n) is 4.63. The minimum Gasteiger partial charge on any atom is -0.390 e. The quantitative estimate of drug-likeness (QED) is 0.868. The van der Waals surface area contributed by atoms with Crippen molar-refractivity contribution in [3.8, 4) is 0 Å². The molecule has 1 heterocycles. The lowest BCUT2D eigenvalue weighted by Crippen LogP contribution is -2.22. The van der Waals surface area contributed by atoms with Crippen LogP contribution in [-0.4, -0.2) is 26.0 Å². The molecule has 0 amide bonds. The first-order valence-electron chi connectivity index (χ1n) is 5.49. The fraction of sp³-hybridized carbons (Fsp3) is 0.417. The molecular formula is C12H14F2N2OS. The van der Waals surface area contributed by atoms with Gasteiger partial charge in [-0.3, -0.25) is 4.57 Å². The molecule has 0 saturated carbocycles. The lowest BCUT2D eigenvalue weighted by Gasteiger charge is -2.16. The van der Waals surface area contributed by atoms with Crippen LogP contribution in [0.1, 0.15) is 20.4 Å². The third-order valence-corrected chi connectivity index (χ3v) is 3.71. The van der Waals surface area contributed by atoms with E-state index in [0.29, 0.717) is 16.8 Å². The molecule has 0 atom stereocenters. The number of aliphatic hydroxyl groups is 1. The number of benzene rings is 1. The van der Waals surface area contributed by atoms with Crippen LogP contribution in [0.2, 0.25) is 0 Å². The first-order chi connectivity index (χ1) is 8.38. The van der Waals surface area contributed by atoms with E-state index in [1.807, 2.05) is 0 Å². The summed E-state index contributed by atoms with van der Waals surface area (Å²) in [4.78, 5) is 4.17. The average Bonchev–Trinajstić information content (AvgIpc) is 2.63. The van der Waals surface area contributed by atoms with Crippen molar-refractivity contribution in [2.24, 2.45) is 0 Å². The second-order valence-corrected chi connectivity index (χ2v) is 5.57. The van der Waals surface area contributed by atoms with Gasteiger partial charge in [0.25, 0.3) is 0 Å². The molecule has 1 aromatic heterocycles. The van der Waals surface area contributed by atoms with Gasteiger partial charge >= 0.3 is 6.55 Å². The fourth-order valence-corrected chi connectivity index (χ4v) is 2.52. The molecule has 0 spiro atoms. The SMILES string of the molecule is CC(C)(O)CSc1nc2ccccc2n1C(F)F. The van der Waals surface area contributed by atoms with Crippen LogP contribution in [0, 0.1) is 0 Å². The number of alkyl halides is 2. The van der Waals surface area contributed by atoms with Crippen molar-refractivity contribution < 1.29 is 13.9 Å². The minimum atomic E-state index is -2.64. The van der Waals surface area contributed by atoms with E-state index in [4.69, 9.17) is 0 Å². The van der Waals surface area contributed by atoms with Crippen LogP contribution in [0.15, 0.2) is 29.4 Å². The van der Waals surface area contributed by atoms with E-state index >= 15 is 0 Å². The molecule has 1 aromatic carbocycles.